The predicted molar refractivity (Wildman–Crippen MR) is 269 cm³/mol. The number of halogens is 1. The Morgan fingerprint density at radius 3 is 2.23 bits per heavy atom. The van der Waals surface area contributed by atoms with Crippen LogP contribution in [0.25, 0.3) is 10.8 Å². The van der Waals surface area contributed by atoms with E-state index in [1.807, 2.05) is 12.1 Å². The van der Waals surface area contributed by atoms with Gasteiger partial charge in [-0.25, -0.2) is 9.18 Å². The van der Waals surface area contributed by atoms with Gasteiger partial charge in [-0.3, -0.25) is 18.7 Å². The highest BCUT2D eigenvalue weighted by molar-refractivity contribution is 7.86. The van der Waals surface area contributed by atoms with E-state index in [2.05, 4.69) is 86.1 Å². The number of hydroxylamine groups is 2. The monoisotopic (exact) mass is 1010 g/mol. The van der Waals surface area contributed by atoms with Crippen molar-refractivity contribution in [2.75, 3.05) is 28.6 Å². The summed E-state index contributed by atoms with van der Waals surface area (Å²) in [5, 5.41) is 2.77. The van der Waals surface area contributed by atoms with E-state index in [4.69, 9.17) is 9.57 Å². The predicted octanol–water partition coefficient (Wildman–Crippen LogP) is 10.2. The number of fused-ring (bicyclic) bond motifs is 4. The Morgan fingerprint density at radius 1 is 0.803 bits per heavy atom. The van der Waals surface area contributed by atoms with Crippen LogP contribution < -0.4 is 14.5 Å². The number of hydrogen-bond acceptors (Lipinski definition) is 11. The van der Waals surface area contributed by atoms with E-state index in [0.717, 1.165) is 56.5 Å². The van der Waals surface area contributed by atoms with Gasteiger partial charge in [0.25, 0.3) is 32.1 Å². The summed E-state index contributed by atoms with van der Waals surface area (Å²) in [5.41, 5.74) is 5.63. The van der Waals surface area contributed by atoms with Gasteiger partial charge in [-0.15, -0.1) is 5.06 Å². The maximum atomic E-state index is 14.9. The molecule has 14 nitrogen and oxygen atoms in total. The van der Waals surface area contributed by atoms with E-state index in [0.29, 0.717) is 68.2 Å². The molecule has 4 aromatic rings. The molecule has 17 heteroatoms. The Balaban J connectivity index is 1.12. The van der Waals surface area contributed by atoms with Crippen molar-refractivity contribution in [1.82, 2.24) is 5.06 Å². The van der Waals surface area contributed by atoms with Crippen LogP contribution in [0.3, 0.4) is 0 Å². The summed E-state index contributed by atoms with van der Waals surface area (Å²) in [5.74, 6) is -1.45. The summed E-state index contributed by atoms with van der Waals surface area (Å²) in [7, 11) is -8.59. The quantitative estimate of drug-likeness (QED) is 0.0545. The van der Waals surface area contributed by atoms with E-state index in [1.165, 1.54) is 30.3 Å². The third kappa shape index (κ3) is 11.2. The van der Waals surface area contributed by atoms with Gasteiger partial charge in [-0.2, -0.15) is 16.8 Å². The Morgan fingerprint density at radius 2 is 1.51 bits per heavy atom. The zero-order valence-electron chi connectivity index (χ0n) is 40.4. The number of unbranched alkanes of at least 4 members (excludes halogenated alkanes) is 3. The van der Waals surface area contributed by atoms with E-state index in [-0.39, 0.29) is 48.2 Å². The van der Waals surface area contributed by atoms with Crippen molar-refractivity contribution in [2.45, 2.75) is 120 Å². The molecule has 1 unspecified atom stereocenters. The number of amides is 2. The molecule has 0 radical (unpaired) electrons. The molecular formula is C54H60FN3O11S2. The number of benzene rings is 4. The average molecular weight is 1010 g/mol. The molecule has 2 amide bonds. The lowest BCUT2D eigenvalue weighted by atomic mass is 9.79. The van der Waals surface area contributed by atoms with Crippen LogP contribution in [0.1, 0.15) is 109 Å². The van der Waals surface area contributed by atoms with Crippen LogP contribution in [0, 0.1) is 5.82 Å². The Bertz CT molecular complexity index is 3090. The standard InChI is InChI=1S/C54H60FN3O11S2/c1-53(2)43-35-39(55)21-27-44(43)56(32-9-5-6-17-50(61)69-58-48(59)30-31-49(58)60)46(53)28-19-37-14-12-15-38(52(37)68-40-22-24-41(25-23-40)71(65,66)67)20-29-47-54(3,4)51-42-16-8-7-13-36(42)18-26-45(51)57(47)33-10-11-34-70(62,63)64/h7-8,13,16,18-29,35,46H,5-6,9-12,14-15,17,30-34H2,1-4H3,(H,62,63,64)(H,65,66,67)/b28-19+,38-20+,47-29+. The highest BCUT2D eigenvalue weighted by atomic mass is 32.2. The first-order valence-electron chi connectivity index (χ1n) is 24.1. The number of nitrogens with zero attached hydrogens (tertiary/aromatic N) is 3. The van der Waals surface area contributed by atoms with E-state index in [1.54, 1.807) is 12.1 Å². The maximum Gasteiger partial charge on any atom is 0.333 e. The smallest absolute Gasteiger partial charge is 0.333 e. The third-order valence-electron chi connectivity index (χ3n) is 14.0. The van der Waals surface area contributed by atoms with Crippen LogP contribution in [0.15, 0.2) is 131 Å². The molecule has 1 aliphatic carbocycles. The van der Waals surface area contributed by atoms with Crippen molar-refractivity contribution in [2.24, 2.45) is 0 Å². The Labute approximate surface area is 414 Å². The molecule has 1 saturated heterocycles. The summed E-state index contributed by atoms with van der Waals surface area (Å²) in [6, 6.07) is 22.6. The molecule has 4 aromatic carbocycles. The third-order valence-corrected chi connectivity index (χ3v) is 15.7. The SMILES string of the molecule is CC1(C)/C(=C\C=C2/CCCC(/C=C/C3N(CCCCCC(=O)ON4C(=O)CCC4=O)c4ccc(F)cc4C3(C)C)=C2Oc2ccc(S(=O)(=O)O)cc2)N(CCCCS(=O)(=O)O)c2ccc3ccccc3c21. The molecule has 4 aliphatic rings. The molecule has 1 fully saturated rings. The Kier molecular flexibility index (Phi) is 14.8. The van der Waals surface area contributed by atoms with Crippen LogP contribution in [0.5, 0.6) is 5.75 Å². The normalized spacial score (nSPS) is 20.0. The molecule has 376 valence electrons. The highest BCUT2D eigenvalue weighted by Crippen LogP contribution is 2.51. The Hall–Kier alpha value is -6.14. The van der Waals surface area contributed by atoms with Gasteiger partial charge in [0.1, 0.15) is 17.3 Å². The number of rotatable bonds is 18. The van der Waals surface area contributed by atoms with Crippen molar-refractivity contribution in [3.8, 4) is 5.75 Å². The van der Waals surface area contributed by atoms with Crippen molar-refractivity contribution in [1.29, 1.82) is 0 Å². The molecule has 0 aromatic heterocycles. The minimum atomic E-state index is -4.46. The van der Waals surface area contributed by atoms with Crippen LogP contribution in [0.2, 0.25) is 0 Å². The highest BCUT2D eigenvalue weighted by Gasteiger charge is 2.44. The van der Waals surface area contributed by atoms with Gasteiger partial charge in [0.05, 0.1) is 16.7 Å². The van der Waals surface area contributed by atoms with E-state index >= 15 is 0 Å². The van der Waals surface area contributed by atoms with E-state index in [9.17, 15) is 44.7 Å². The fourth-order valence-electron chi connectivity index (χ4n) is 10.5. The van der Waals surface area contributed by atoms with Crippen LogP contribution in [-0.4, -0.2) is 73.7 Å². The van der Waals surface area contributed by atoms with Crippen molar-refractivity contribution in [3.63, 3.8) is 0 Å². The van der Waals surface area contributed by atoms with Gasteiger partial charge in [0.15, 0.2) is 0 Å². The molecule has 0 bridgehead atoms. The minimum Gasteiger partial charge on any atom is -0.457 e. The number of carbonyl (C=O) groups excluding carboxylic acids is 3. The summed E-state index contributed by atoms with van der Waals surface area (Å²) in [4.78, 5) is 45.6. The van der Waals surface area contributed by atoms with E-state index < -0.39 is 48.8 Å². The first kappa shape index (κ1) is 51.2. The second-order valence-corrected chi connectivity index (χ2v) is 22.7. The lowest BCUT2D eigenvalue weighted by Crippen LogP contribution is -2.40. The van der Waals surface area contributed by atoms with Crippen molar-refractivity contribution in [3.05, 3.63) is 143 Å². The maximum absolute atomic E-state index is 14.9. The molecule has 2 N–H and O–H groups in total. The molecular weight excluding hydrogens is 950 g/mol. The van der Waals surface area contributed by atoms with Gasteiger partial charge < -0.3 is 19.4 Å². The van der Waals surface area contributed by atoms with Crippen LogP contribution in [-0.2, 0) is 50.3 Å². The molecule has 3 aliphatic heterocycles. The number of ether oxygens (including phenoxy) is 1. The number of allylic oxidation sites excluding steroid dienone is 6. The molecule has 1 atom stereocenters. The topological polar surface area (TPSA) is 188 Å². The van der Waals surface area contributed by atoms with Crippen molar-refractivity contribution < 1.29 is 54.3 Å². The van der Waals surface area contributed by atoms with Gasteiger partial charge in [0.2, 0.25) is 0 Å². The van der Waals surface area contributed by atoms with Gasteiger partial charge in [-0.05, 0) is 133 Å². The van der Waals surface area contributed by atoms with Gasteiger partial charge in [-0.1, -0.05) is 82.7 Å². The summed E-state index contributed by atoms with van der Waals surface area (Å²) >= 11 is 0. The van der Waals surface area contributed by atoms with Gasteiger partial charge >= 0.3 is 5.97 Å². The fourth-order valence-corrected chi connectivity index (χ4v) is 11.5. The average Bonchev–Trinajstić information content (AvgIpc) is 3.83. The molecule has 8 rings (SSSR count). The fraction of sp³-hybridized carbons (Fsp3) is 0.389. The molecule has 3 heterocycles. The van der Waals surface area contributed by atoms with Crippen LogP contribution in [0.4, 0.5) is 15.8 Å². The van der Waals surface area contributed by atoms with Gasteiger partial charge in [0, 0.05) is 60.3 Å². The molecule has 71 heavy (non-hydrogen) atoms. The summed E-state index contributed by atoms with van der Waals surface area (Å²) in [6.07, 6.45) is 13.1. The summed E-state index contributed by atoms with van der Waals surface area (Å²) in [6.45, 7) is 9.59. The zero-order chi connectivity index (χ0) is 50.9. The number of imide groups is 1. The first-order valence-corrected chi connectivity index (χ1v) is 27.1. The number of carbonyl (C=O) groups is 3. The second-order valence-electron chi connectivity index (χ2n) is 19.7. The number of anilines is 2. The lowest BCUT2D eigenvalue weighted by molar-refractivity contribution is -0.197. The largest absolute Gasteiger partial charge is 0.457 e. The summed E-state index contributed by atoms with van der Waals surface area (Å²) < 4.78 is 88.1. The minimum absolute atomic E-state index is 0.0207. The molecule has 0 saturated carbocycles. The molecule has 0 spiro atoms. The number of hydrogen-bond donors (Lipinski definition) is 2. The van der Waals surface area contributed by atoms with Crippen LogP contribution >= 0.6 is 0 Å². The second kappa shape index (κ2) is 20.5. The van der Waals surface area contributed by atoms with Crippen molar-refractivity contribution >= 4 is 60.2 Å². The lowest BCUT2D eigenvalue weighted by Gasteiger charge is -2.33. The zero-order valence-corrected chi connectivity index (χ0v) is 42.0. The first-order chi connectivity index (χ1) is 33.6.